The second-order valence-corrected chi connectivity index (χ2v) is 6.42. The normalized spacial score (nSPS) is 13.9. The van der Waals surface area contributed by atoms with E-state index in [1.807, 2.05) is 47.4 Å². The maximum Gasteiger partial charge on any atom is 0.227 e. The maximum atomic E-state index is 12.7. The van der Waals surface area contributed by atoms with Gasteiger partial charge < -0.3 is 4.90 Å². The second-order valence-electron chi connectivity index (χ2n) is 5.98. The Kier molecular flexibility index (Phi) is 4.49. The highest BCUT2D eigenvalue weighted by atomic mass is 35.5. The molecule has 2 aromatic carbocycles. The standard InChI is InChI=1S/C19H20ClNO/c1-14-4-2-3-5-16(14)12-19(22)21(18-10-11-18)13-15-6-8-17(20)9-7-15/h2-9,18H,10-13H2,1H3. The Morgan fingerprint density at radius 2 is 1.82 bits per heavy atom. The number of rotatable bonds is 5. The van der Waals surface area contributed by atoms with Gasteiger partial charge in [-0.2, -0.15) is 0 Å². The van der Waals surface area contributed by atoms with Gasteiger partial charge in [-0.05, 0) is 48.6 Å². The van der Waals surface area contributed by atoms with E-state index in [-0.39, 0.29) is 5.91 Å². The minimum atomic E-state index is 0.215. The van der Waals surface area contributed by atoms with Crippen LogP contribution in [0.15, 0.2) is 48.5 Å². The maximum absolute atomic E-state index is 12.7. The summed E-state index contributed by atoms with van der Waals surface area (Å²) < 4.78 is 0. The number of hydrogen-bond donors (Lipinski definition) is 0. The zero-order valence-corrected chi connectivity index (χ0v) is 13.5. The number of carbonyl (C=O) groups is 1. The van der Waals surface area contributed by atoms with Crippen LogP contribution in [0.3, 0.4) is 0 Å². The summed E-state index contributed by atoms with van der Waals surface area (Å²) in [6, 6.07) is 16.3. The fourth-order valence-corrected chi connectivity index (χ4v) is 2.79. The zero-order chi connectivity index (χ0) is 15.5. The molecule has 3 heteroatoms. The van der Waals surface area contributed by atoms with Gasteiger partial charge in [-0.25, -0.2) is 0 Å². The highest BCUT2D eigenvalue weighted by molar-refractivity contribution is 6.30. The summed E-state index contributed by atoms with van der Waals surface area (Å²) in [5.41, 5.74) is 3.43. The molecule has 1 amide bonds. The first-order valence-corrected chi connectivity index (χ1v) is 8.09. The van der Waals surface area contributed by atoms with Crippen LogP contribution in [0.25, 0.3) is 0 Å². The third-order valence-corrected chi connectivity index (χ3v) is 4.43. The molecule has 0 aromatic heterocycles. The number of benzene rings is 2. The quantitative estimate of drug-likeness (QED) is 0.802. The molecular weight excluding hydrogens is 294 g/mol. The lowest BCUT2D eigenvalue weighted by Gasteiger charge is -2.23. The van der Waals surface area contributed by atoms with Crippen molar-refractivity contribution in [3.63, 3.8) is 0 Å². The summed E-state index contributed by atoms with van der Waals surface area (Å²) in [7, 11) is 0. The molecule has 1 saturated carbocycles. The molecule has 2 aromatic rings. The highest BCUT2D eigenvalue weighted by Crippen LogP contribution is 2.29. The van der Waals surface area contributed by atoms with Crippen molar-refractivity contribution in [1.29, 1.82) is 0 Å². The Morgan fingerprint density at radius 1 is 1.14 bits per heavy atom. The molecule has 0 N–H and O–H groups in total. The summed E-state index contributed by atoms with van der Waals surface area (Å²) in [6.07, 6.45) is 2.72. The molecule has 0 atom stereocenters. The minimum absolute atomic E-state index is 0.215. The average molecular weight is 314 g/mol. The van der Waals surface area contributed by atoms with Gasteiger partial charge in [0, 0.05) is 17.6 Å². The van der Waals surface area contributed by atoms with Crippen molar-refractivity contribution in [3.05, 3.63) is 70.2 Å². The van der Waals surface area contributed by atoms with Crippen LogP contribution in [-0.4, -0.2) is 16.8 Å². The van der Waals surface area contributed by atoms with E-state index in [1.165, 1.54) is 5.56 Å². The van der Waals surface area contributed by atoms with Crippen molar-refractivity contribution < 1.29 is 4.79 Å². The van der Waals surface area contributed by atoms with Crippen molar-refractivity contribution in [1.82, 2.24) is 4.90 Å². The van der Waals surface area contributed by atoms with Gasteiger partial charge in [0.2, 0.25) is 5.91 Å². The van der Waals surface area contributed by atoms with E-state index in [0.717, 1.165) is 29.0 Å². The Balaban J connectivity index is 1.72. The Labute approximate surface area is 136 Å². The van der Waals surface area contributed by atoms with Crippen LogP contribution in [-0.2, 0) is 17.8 Å². The van der Waals surface area contributed by atoms with E-state index in [9.17, 15) is 4.79 Å². The molecule has 0 bridgehead atoms. The number of aryl methyl sites for hydroxylation is 1. The van der Waals surface area contributed by atoms with Crippen LogP contribution >= 0.6 is 11.6 Å². The van der Waals surface area contributed by atoms with Crippen molar-refractivity contribution in [3.8, 4) is 0 Å². The second kappa shape index (κ2) is 6.53. The Bertz CT molecular complexity index is 661. The van der Waals surface area contributed by atoms with E-state index < -0.39 is 0 Å². The van der Waals surface area contributed by atoms with Crippen molar-refractivity contribution >= 4 is 17.5 Å². The van der Waals surface area contributed by atoms with E-state index >= 15 is 0 Å². The van der Waals surface area contributed by atoms with Gasteiger partial charge in [-0.1, -0.05) is 48.0 Å². The lowest BCUT2D eigenvalue weighted by molar-refractivity contribution is -0.131. The van der Waals surface area contributed by atoms with Crippen LogP contribution in [0.4, 0.5) is 0 Å². The zero-order valence-electron chi connectivity index (χ0n) is 12.8. The first-order chi connectivity index (χ1) is 10.6. The van der Waals surface area contributed by atoms with Gasteiger partial charge >= 0.3 is 0 Å². The van der Waals surface area contributed by atoms with E-state index in [4.69, 9.17) is 11.6 Å². The third-order valence-electron chi connectivity index (χ3n) is 4.18. The molecule has 0 spiro atoms. The lowest BCUT2D eigenvalue weighted by Crippen LogP contribution is -2.33. The van der Waals surface area contributed by atoms with Crippen LogP contribution in [0.1, 0.15) is 29.5 Å². The molecule has 1 fully saturated rings. The van der Waals surface area contributed by atoms with E-state index in [0.29, 0.717) is 19.0 Å². The summed E-state index contributed by atoms with van der Waals surface area (Å²) in [5.74, 6) is 0.215. The molecular formula is C19H20ClNO. The van der Waals surface area contributed by atoms with Gasteiger partial charge in [-0.15, -0.1) is 0 Å². The third kappa shape index (κ3) is 3.69. The molecule has 0 saturated heterocycles. The summed E-state index contributed by atoms with van der Waals surface area (Å²) in [6.45, 7) is 2.73. The van der Waals surface area contributed by atoms with E-state index in [2.05, 4.69) is 13.0 Å². The molecule has 1 aliphatic rings. The van der Waals surface area contributed by atoms with Crippen molar-refractivity contribution in [2.45, 2.75) is 38.8 Å². The summed E-state index contributed by atoms with van der Waals surface area (Å²) >= 11 is 5.93. The largest absolute Gasteiger partial charge is 0.335 e. The van der Waals surface area contributed by atoms with Crippen molar-refractivity contribution in [2.75, 3.05) is 0 Å². The topological polar surface area (TPSA) is 20.3 Å². The number of amides is 1. The molecule has 2 nitrogen and oxygen atoms in total. The molecule has 0 heterocycles. The fraction of sp³-hybridized carbons (Fsp3) is 0.316. The first kappa shape index (κ1) is 15.1. The SMILES string of the molecule is Cc1ccccc1CC(=O)N(Cc1ccc(Cl)cc1)C1CC1. The average Bonchev–Trinajstić information content (AvgIpc) is 3.33. The minimum Gasteiger partial charge on any atom is -0.335 e. The van der Waals surface area contributed by atoms with Crippen LogP contribution in [0.2, 0.25) is 5.02 Å². The monoisotopic (exact) mass is 313 g/mol. The lowest BCUT2D eigenvalue weighted by atomic mass is 10.0. The molecule has 0 aliphatic heterocycles. The molecule has 22 heavy (non-hydrogen) atoms. The van der Waals surface area contributed by atoms with Gasteiger partial charge in [0.05, 0.1) is 6.42 Å². The van der Waals surface area contributed by atoms with Gasteiger partial charge in [0.15, 0.2) is 0 Å². The van der Waals surface area contributed by atoms with Gasteiger partial charge in [-0.3, -0.25) is 4.79 Å². The number of hydrogen-bond acceptors (Lipinski definition) is 1. The van der Waals surface area contributed by atoms with E-state index in [1.54, 1.807) is 0 Å². The summed E-state index contributed by atoms with van der Waals surface area (Å²) in [4.78, 5) is 14.7. The number of halogens is 1. The van der Waals surface area contributed by atoms with Crippen molar-refractivity contribution in [2.24, 2.45) is 0 Å². The van der Waals surface area contributed by atoms with Crippen LogP contribution in [0.5, 0.6) is 0 Å². The first-order valence-electron chi connectivity index (χ1n) is 7.72. The fourth-order valence-electron chi connectivity index (χ4n) is 2.67. The molecule has 114 valence electrons. The van der Waals surface area contributed by atoms with Gasteiger partial charge in [0.25, 0.3) is 0 Å². The van der Waals surface area contributed by atoms with Crippen LogP contribution in [0, 0.1) is 6.92 Å². The molecule has 1 aliphatic carbocycles. The number of nitrogens with zero attached hydrogens (tertiary/aromatic N) is 1. The summed E-state index contributed by atoms with van der Waals surface area (Å²) in [5, 5.41) is 0.730. The highest BCUT2D eigenvalue weighted by Gasteiger charge is 2.32. The molecule has 3 rings (SSSR count). The van der Waals surface area contributed by atoms with Crippen LogP contribution < -0.4 is 0 Å². The molecule has 0 radical (unpaired) electrons. The smallest absolute Gasteiger partial charge is 0.227 e. The Morgan fingerprint density at radius 3 is 2.45 bits per heavy atom. The van der Waals surface area contributed by atoms with Gasteiger partial charge in [0.1, 0.15) is 0 Å². The Hall–Kier alpha value is -1.80. The number of carbonyl (C=O) groups excluding carboxylic acids is 1. The molecule has 0 unspecified atom stereocenters. The predicted octanol–water partition coefficient (Wildman–Crippen LogP) is 4.38. The predicted molar refractivity (Wildman–Crippen MR) is 89.9 cm³/mol.